The molecule has 104 valence electrons. The molecular formula is C12H12N4O3S. The third kappa shape index (κ3) is 3.11. The summed E-state index contributed by atoms with van der Waals surface area (Å²) in [4.78, 5) is -0.115. The fraction of sp³-hybridized carbons (Fsp3) is 0. The highest BCUT2D eigenvalue weighted by Gasteiger charge is 2.12. The van der Waals surface area contributed by atoms with Crippen LogP contribution in [-0.2, 0) is 10.0 Å². The number of sulfonamides is 1. The molecule has 0 radical (unpaired) electrons. The molecule has 2 rings (SSSR count). The topological polar surface area (TPSA) is 131 Å². The van der Waals surface area contributed by atoms with Crippen molar-refractivity contribution >= 4 is 27.1 Å². The summed E-state index contributed by atoms with van der Waals surface area (Å²) in [5.41, 5.74) is 6.18. The molecule has 0 aliphatic heterocycles. The summed E-state index contributed by atoms with van der Waals surface area (Å²) in [5, 5.41) is 22.1. The summed E-state index contributed by atoms with van der Waals surface area (Å²) in [7, 11) is -3.87. The van der Waals surface area contributed by atoms with Gasteiger partial charge in [-0.1, -0.05) is 12.1 Å². The molecule has 0 saturated heterocycles. The second kappa shape index (κ2) is 5.27. The molecule has 0 spiro atoms. The minimum Gasteiger partial charge on any atom is -0.506 e. The van der Waals surface area contributed by atoms with Crippen molar-refractivity contribution in [2.75, 3.05) is 5.73 Å². The summed E-state index contributed by atoms with van der Waals surface area (Å²) in [6, 6.07) is 10.3. The van der Waals surface area contributed by atoms with Gasteiger partial charge in [-0.05, 0) is 30.3 Å². The molecule has 0 amide bonds. The molecule has 8 heteroatoms. The second-order valence-corrected chi connectivity index (χ2v) is 5.49. The Bertz CT molecular complexity index is 772. The highest BCUT2D eigenvalue weighted by molar-refractivity contribution is 7.89. The van der Waals surface area contributed by atoms with Crippen LogP contribution < -0.4 is 10.9 Å². The molecule has 0 atom stereocenters. The number of nitrogen functional groups attached to an aromatic ring is 1. The number of nitrogens with two attached hydrogens (primary N) is 2. The first-order valence-corrected chi connectivity index (χ1v) is 7.04. The average molecular weight is 292 g/mol. The molecular weight excluding hydrogens is 280 g/mol. The van der Waals surface area contributed by atoms with Crippen molar-refractivity contribution in [1.29, 1.82) is 0 Å². The van der Waals surface area contributed by atoms with E-state index in [2.05, 4.69) is 10.2 Å². The first-order valence-electron chi connectivity index (χ1n) is 5.50. The van der Waals surface area contributed by atoms with Crippen molar-refractivity contribution in [3.63, 3.8) is 0 Å². The van der Waals surface area contributed by atoms with Crippen molar-refractivity contribution in [3.05, 3.63) is 42.5 Å². The molecule has 0 aliphatic carbocycles. The Balaban J connectivity index is 2.39. The Kier molecular flexibility index (Phi) is 3.68. The molecule has 5 N–H and O–H groups in total. The van der Waals surface area contributed by atoms with Gasteiger partial charge in [-0.2, -0.15) is 5.11 Å². The minimum atomic E-state index is -3.87. The van der Waals surface area contributed by atoms with E-state index in [9.17, 15) is 13.5 Å². The molecule has 20 heavy (non-hydrogen) atoms. The van der Waals surface area contributed by atoms with Crippen LogP contribution in [0.3, 0.4) is 0 Å². The number of hydrogen-bond acceptors (Lipinski definition) is 6. The quantitative estimate of drug-likeness (QED) is 0.453. The Morgan fingerprint density at radius 3 is 2.40 bits per heavy atom. The fourth-order valence-corrected chi connectivity index (χ4v) is 2.16. The molecule has 0 fully saturated rings. The maximum Gasteiger partial charge on any atom is 0.240 e. The van der Waals surface area contributed by atoms with Crippen LogP contribution in [0.15, 0.2) is 57.6 Å². The average Bonchev–Trinajstić information content (AvgIpc) is 2.39. The number of anilines is 1. The molecule has 2 aromatic carbocycles. The lowest BCUT2D eigenvalue weighted by Gasteiger charge is -2.02. The van der Waals surface area contributed by atoms with Crippen molar-refractivity contribution < 1.29 is 13.5 Å². The van der Waals surface area contributed by atoms with E-state index in [0.717, 1.165) is 0 Å². The highest BCUT2D eigenvalue weighted by atomic mass is 32.2. The molecule has 2 aromatic rings. The molecule has 0 aromatic heterocycles. The summed E-state index contributed by atoms with van der Waals surface area (Å²) in [6.45, 7) is 0. The van der Waals surface area contributed by atoms with Crippen molar-refractivity contribution in [2.24, 2.45) is 15.4 Å². The Morgan fingerprint density at radius 2 is 1.75 bits per heavy atom. The number of nitrogens with zero attached hydrogens (tertiary/aromatic N) is 2. The van der Waals surface area contributed by atoms with Gasteiger partial charge in [-0.15, -0.1) is 5.11 Å². The number of aromatic hydroxyl groups is 1. The van der Waals surface area contributed by atoms with E-state index in [1.54, 1.807) is 6.07 Å². The van der Waals surface area contributed by atoms with E-state index in [1.165, 1.54) is 36.4 Å². The van der Waals surface area contributed by atoms with Gasteiger partial charge in [0, 0.05) is 0 Å². The van der Waals surface area contributed by atoms with Crippen LogP contribution in [0.5, 0.6) is 5.75 Å². The lowest BCUT2D eigenvalue weighted by molar-refractivity contribution is 0.478. The monoisotopic (exact) mass is 292 g/mol. The SMILES string of the molecule is Nc1cc(N=Nc2ccccc2S(N)(=O)=O)ccc1O. The number of phenolic OH excluding ortho intramolecular Hbond substituents is 1. The van der Waals surface area contributed by atoms with Crippen molar-refractivity contribution in [1.82, 2.24) is 0 Å². The van der Waals surface area contributed by atoms with E-state index >= 15 is 0 Å². The van der Waals surface area contributed by atoms with Crippen LogP contribution in [0.25, 0.3) is 0 Å². The van der Waals surface area contributed by atoms with Crippen molar-refractivity contribution in [3.8, 4) is 5.75 Å². The number of azo groups is 1. The second-order valence-electron chi connectivity index (χ2n) is 3.96. The summed E-state index contributed by atoms with van der Waals surface area (Å²) >= 11 is 0. The zero-order chi connectivity index (χ0) is 14.8. The van der Waals surface area contributed by atoms with Gasteiger partial charge in [-0.3, -0.25) is 0 Å². The van der Waals surface area contributed by atoms with E-state index in [1.807, 2.05) is 0 Å². The van der Waals surface area contributed by atoms with Crippen molar-refractivity contribution in [2.45, 2.75) is 4.90 Å². The third-order valence-electron chi connectivity index (χ3n) is 2.46. The lowest BCUT2D eigenvalue weighted by Crippen LogP contribution is -2.12. The van der Waals surface area contributed by atoms with Gasteiger partial charge in [0.1, 0.15) is 16.3 Å². The maximum absolute atomic E-state index is 11.4. The van der Waals surface area contributed by atoms with Crippen LogP contribution >= 0.6 is 0 Å². The number of benzene rings is 2. The molecule has 0 bridgehead atoms. The molecule has 0 saturated carbocycles. The largest absolute Gasteiger partial charge is 0.506 e. The van der Waals surface area contributed by atoms with Gasteiger partial charge in [0.05, 0.1) is 11.4 Å². The normalized spacial score (nSPS) is 11.8. The van der Waals surface area contributed by atoms with E-state index in [0.29, 0.717) is 5.69 Å². The molecule has 0 aliphatic rings. The Labute approximate surface area is 115 Å². The maximum atomic E-state index is 11.4. The van der Waals surface area contributed by atoms with Gasteiger partial charge in [0.25, 0.3) is 0 Å². The fourth-order valence-electron chi connectivity index (χ4n) is 1.50. The molecule has 0 unspecified atom stereocenters. The highest BCUT2D eigenvalue weighted by Crippen LogP contribution is 2.28. The van der Waals surface area contributed by atoms with Crippen LogP contribution in [0, 0.1) is 0 Å². The molecule has 7 nitrogen and oxygen atoms in total. The van der Waals surface area contributed by atoms with E-state index < -0.39 is 10.0 Å². The summed E-state index contributed by atoms with van der Waals surface area (Å²) in [5.74, 6) is -0.0612. The van der Waals surface area contributed by atoms with Gasteiger partial charge >= 0.3 is 0 Å². The number of rotatable bonds is 3. The standard InChI is InChI=1S/C12H12N4O3S/c13-9-7-8(5-6-11(9)17)15-16-10-3-1-2-4-12(10)20(14,18)19/h1-7,17H,13H2,(H2,14,18,19). The predicted molar refractivity (Wildman–Crippen MR) is 74.5 cm³/mol. The zero-order valence-corrected chi connectivity index (χ0v) is 11.1. The van der Waals surface area contributed by atoms with Crippen LogP contribution in [0.4, 0.5) is 17.1 Å². The van der Waals surface area contributed by atoms with Crippen LogP contribution in [0.2, 0.25) is 0 Å². The number of primary sulfonamides is 1. The van der Waals surface area contributed by atoms with Gasteiger partial charge < -0.3 is 10.8 Å². The minimum absolute atomic E-state index is 0.0612. The Morgan fingerprint density at radius 1 is 1.05 bits per heavy atom. The van der Waals surface area contributed by atoms with Crippen LogP contribution in [0.1, 0.15) is 0 Å². The van der Waals surface area contributed by atoms with Gasteiger partial charge in [-0.25, -0.2) is 13.6 Å². The Hall–Kier alpha value is -2.45. The molecule has 0 heterocycles. The first kappa shape index (κ1) is 14.0. The summed E-state index contributed by atoms with van der Waals surface area (Å²) < 4.78 is 22.8. The summed E-state index contributed by atoms with van der Waals surface area (Å²) in [6.07, 6.45) is 0. The van der Waals surface area contributed by atoms with Gasteiger partial charge in [0.2, 0.25) is 10.0 Å². The number of hydrogen-bond donors (Lipinski definition) is 3. The number of phenols is 1. The third-order valence-corrected chi connectivity index (χ3v) is 3.41. The predicted octanol–water partition coefficient (Wildman–Crippen LogP) is 2.04. The van der Waals surface area contributed by atoms with E-state index in [4.69, 9.17) is 10.9 Å². The zero-order valence-electron chi connectivity index (χ0n) is 10.3. The smallest absolute Gasteiger partial charge is 0.240 e. The van der Waals surface area contributed by atoms with Gasteiger partial charge in [0.15, 0.2) is 0 Å². The lowest BCUT2D eigenvalue weighted by atomic mass is 10.2. The first-order chi connectivity index (χ1) is 9.38. The van der Waals surface area contributed by atoms with Crippen LogP contribution in [-0.4, -0.2) is 13.5 Å². The van der Waals surface area contributed by atoms with E-state index in [-0.39, 0.29) is 22.0 Å².